The third-order valence-electron chi connectivity index (χ3n) is 5.70. The number of hydrogen-bond donors (Lipinski definition) is 2. The predicted octanol–water partition coefficient (Wildman–Crippen LogP) is 3.80. The van der Waals surface area contributed by atoms with Crippen LogP contribution in [0, 0.1) is 18.3 Å². The van der Waals surface area contributed by atoms with Crippen LogP contribution in [0.2, 0.25) is 0 Å². The number of fused-ring (bicyclic) bond motifs is 1. The average molecular weight is 467 g/mol. The van der Waals surface area contributed by atoms with Crippen molar-refractivity contribution in [1.29, 1.82) is 0 Å². The van der Waals surface area contributed by atoms with E-state index in [-0.39, 0.29) is 23.8 Å². The SMILES string of the molecule is Cc1cc2nc(NC(C)c3cccnc3)nc(C(=O)N3CC(CNC(=O)C(C)(C)C)C3)c2s1. The zero-order valence-electron chi connectivity index (χ0n) is 19.7. The van der Waals surface area contributed by atoms with Gasteiger partial charge in [-0.15, -0.1) is 11.3 Å². The largest absolute Gasteiger partial charge is 0.355 e. The summed E-state index contributed by atoms with van der Waals surface area (Å²) in [7, 11) is 0. The minimum Gasteiger partial charge on any atom is -0.355 e. The molecule has 9 heteroatoms. The lowest BCUT2D eigenvalue weighted by atomic mass is 9.94. The molecular weight excluding hydrogens is 436 g/mol. The smallest absolute Gasteiger partial charge is 0.274 e. The van der Waals surface area contributed by atoms with Gasteiger partial charge in [-0.3, -0.25) is 14.6 Å². The fourth-order valence-corrected chi connectivity index (χ4v) is 4.62. The summed E-state index contributed by atoms with van der Waals surface area (Å²) < 4.78 is 0.807. The van der Waals surface area contributed by atoms with E-state index in [0.717, 1.165) is 20.7 Å². The van der Waals surface area contributed by atoms with Crippen LogP contribution >= 0.6 is 11.3 Å². The van der Waals surface area contributed by atoms with Gasteiger partial charge in [-0.05, 0) is 31.5 Å². The molecule has 174 valence electrons. The summed E-state index contributed by atoms with van der Waals surface area (Å²) in [5.74, 6) is 0.609. The highest BCUT2D eigenvalue weighted by Crippen LogP contribution is 2.30. The first-order chi connectivity index (χ1) is 15.6. The lowest BCUT2D eigenvalue weighted by Gasteiger charge is -2.39. The number of amides is 2. The van der Waals surface area contributed by atoms with E-state index in [1.54, 1.807) is 17.3 Å². The van der Waals surface area contributed by atoms with E-state index < -0.39 is 5.41 Å². The fraction of sp³-hybridized carbons (Fsp3) is 0.458. The first kappa shape index (κ1) is 23.1. The van der Waals surface area contributed by atoms with Gasteiger partial charge < -0.3 is 15.5 Å². The van der Waals surface area contributed by atoms with Crippen molar-refractivity contribution in [1.82, 2.24) is 25.2 Å². The molecular formula is C24H30N6O2S. The minimum absolute atomic E-state index is 0.0253. The van der Waals surface area contributed by atoms with E-state index in [2.05, 4.69) is 25.6 Å². The Hall–Kier alpha value is -3.07. The Morgan fingerprint density at radius 1 is 1.27 bits per heavy atom. The molecule has 1 aliphatic heterocycles. The number of rotatable bonds is 6. The number of thiophene rings is 1. The van der Waals surface area contributed by atoms with Gasteiger partial charge in [-0.1, -0.05) is 26.8 Å². The van der Waals surface area contributed by atoms with Gasteiger partial charge in [0.15, 0.2) is 5.69 Å². The van der Waals surface area contributed by atoms with Gasteiger partial charge in [0.1, 0.15) is 0 Å². The molecule has 1 fully saturated rings. The zero-order chi connectivity index (χ0) is 23.8. The summed E-state index contributed by atoms with van der Waals surface area (Å²) in [6.07, 6.45) is 3.54. The second-order valence-corrected chi connectivity index (χ2v) is 10.9. The summed E-state index contributed by atoms with van der Waals surface area (Å²) in [5, 5.41) is 6.30. The maximum Gasteiger partial charge on any atom is 0.274 e. The molecule has 33 heavy (non-hydrogen) atoms. The van der Waals surface area contributed by atoms with Gasteiger partial charge in [0.25, 0.3) is 5.91 Å². The van der Waals surface area contributed by atoms with E-state index in [9.17, 15) is 9.59 Å². The van der Waals surface area contributed by atoms with Crippen LogP contribution in [-0.2, 0) is 4.79 Å². The van der Waals surface area contributed by atoms with Crippen molar-refractivity contribution in [3.05, 3.63) is 46.7 Å². The Morgan fingerprint density at radius 2 is 2.03 bits per heavy atom. The maximum absolute atomic E-state index is 13.3. The van der Waals surface area contributed by atoms with Crippen molar-refractivity contribution in [2.24, 2.45) is 11.3 Å². The van der Waals surface area contributed by atoms with Crippen molar-refractivity contribution < 1.29 is 9.59 Å². The van der Waals surface area contributed by atoms with E-state index in [1.807, 2.05) is 52.8 Å². The maximum atomic E-state index is 13.3. The lowest BCUT2D eigenvalue weighted by molar-refractivity contribution is -0.128. The summed E-state index contributed by atoms with van der Waals surface area (Å²) >= 11 is 1.53. The summed E-state index contributed by atoms with van der Waals surface area (Å²) in [4.78, 5) is 41.7. The highest BCUT2D eigenvalue weighted by Gasteiger charge is 2.34. The van der Waals surface area contributed by atoms with Crippen LogP contribution in [0.3, 0.4) is 0 Å². The summed E-state index contributed by atoms with van der Waals surface area (Å²) in [5.41, 5.74) is 1.79. The van der Waals surface area contributed by atoms with Crippen molar-refractivity contribution in [3.63, 3.8) is 0 Å². The minimum atomic E-state index is -0.417. The number of nitrogens with zero attached hydrogens (tertiary/aromatic N) is 4. The Balaban J connectivity index is 1.48. The number of anilines is 1. The molecule has 0 aliphatic carbocycles. The molecule has 2 N–H and O–H groups in total. The Morgan fingerprint density at radius 3 is 2.70 bits per heavy atom. The molecule has 0 radical (unpaired) electrons. The summed E-state index contributed by atoms with van der Waals surface area (Å²) in [6, 6.07) is 5.81. The van der Waals surface area contributed by atoms with Crippen LogP contribution < -0.4 is 10.6 Å². The Kier molecular flexibility index (Phi) is 6.34. The van der Waals surface area contributed by atoms with E-state index >= 15 is 0 Å². The molecule has 0 spiro atoms. The molecule has 4 heterocycles. The van der Waals surface area contributed by atoms with Crippen molar-refractivity contribution >= 4 is 39.3 Å². The molecule has 1 aliphatic rings. The number of carbonyl (C=O) groups is 2. The molecule has 0 aromatic carbocycles. The van der Waals surface area contributed by atoms with Crippen LogP contribution in [-0.4, -0.2) is 51.3 Å². The van der Waals surface area contributed by atoms with E-state index in [4.69, 9.17) is 0 Å². The number of aromatic nitrogens is 3. The fourth-order valence-electron chi connectivity index (χ4n) is 3.68. The second-order valence-electron chi connectivity index (χ2n) is 9.66. The van der Waals surface area contributed by atoms with Crippen LogP contribution in [0.25, 0.3) is 10.2 Å². The van der Waals surface area contributed by atoms with Crippen LogP contribution in [0.15, 0.2) is 30.6 Å². The molecule has 1 saturated heterocycles. The normalized spacial score (nSPS) is 15.2. The van der Waals surface area contributed by atoms with Gasteiger partial charge in [-0.2, -0.15) is 0 Å². The number of hydrogen-bond acceptors (Lipinski definition) is 7. The standard InChI is InChI=1S/C24H30N6O2S/c1-14-9-18-20(33-14)19(29-23(28-18)27-15(2)17-7-6-8-25-11-17)21(31)30-12-16(13-30)10-26-22(32)24(3,4)5/h6-9,11,15-16H,10,12-13H2,1-5H3,(H,26,32)(H,27,28,29). The highest BCUT2D eigenvalue weighted by atomic mass is 32.1. The van der Waals surface area contributed by atoms with Crippen LogP contribution in [0.4, 0.5) is 5.95 Å². The van der Waals surface area contributed by atoms with Gasteiger partial charge >= 0.3 is 0 Å². The van der Waals surface area contributed by atoms with Gasteiger partial charge in [0, 0.05) is 48.2 Å². The van der Waals surface area contributed by atoms with Crippen LogP contribution in [0.1, 0.15) is 54.7 Å². The first-order valence-electron chi connectivity index (χ1n) is 11.1. The van der Waals surface area contributed by atoms with Crippen molar-refractivity contribution in [2.45, 2.75) is 40.7 Å². The lowest BCUT2D eigenvalue weighted by Crippen LogP contribution is -2.54. The quantitative estimate of drug-likeness (QED) is 0.573. The average Bonchev–Trinajstić information content (AvgIpc) is 3.11. The topological polar surface area (TPSA) is 100 Å². The molecule has 8 nitrogen and oxygen atoms in total. The molecule has 1 atom stereocenters. The Labute approximate surface area is 197 Å². The summed E-state index contributed by atoms with van der Waals surface area (Å²) in [6.45, 7) is 11.5. The number of nitrogens with one attached hydrogen (secondary N) is 2. The number of aryl methyl sites for hydroxylation is 1. The van der Waals surface area contributed by atoms with Crippen LogP contribution in [0.5, 0.6) is 0 Å². The van der Waals surface area contributed by atoms with Gasteiger partial charge in [0.2, 0.25) is 11.9 Å². The third-order valence-corrected chi connectivity index (χ3v) is 6.75. The third kappa shape index (κ3) is 5.13. The second kappa shape index (κ2) is 9.05. The molecule has 0 saturated carbocycles. The van der Waals surface area contributed by atoms with Gasteiger partial charge in [0.05, 0.1) is 16.3 Å². The molecule has 3 aromatic rings. The Bertz CT molecular complexity index is 1160. The molecule has 0 bridgehead atoms. The van der Waals surface area contributed by atoms with E-state index in [1.165, 1.54) is 11.3 Å². The van der Waals surface area contributed by atoms with Crippen molar-refractivity contribution in [2.75, 3.05) is 25.0 Å². The van der Waals surface area contributed by atoms with Crippen molar-refractivity contribution in [3.8, 4) is 0 Å². The highest BCUT2D eigenvalue weighted by molar-refractivity contribution is 7.19. The number of likely N-dealkylation sites (tertiary alicyclic amines) is 1. The first-order valence-corrected chi connectivity index (χ1v) is 12.0. The van der Waals surface area contributed by atoms with E-state index in [0.29, 0.717) is 31.3 Å². The molecule has 4 rings (SSSR count). The predicted molar refractivity (Wildman–Crippen MR) is 130 cm³/mol. The number of pyridine rings is 1. The zero-order valence-corrected chi connectivity index (χ0v) is 20.5. The number of carbonyl (C=O) groups excluding carboxylic acids is 2. The van der Waals surface area contributed by atoms with Gasteiger partial charge in [-0.25, -0.2) is 9.97 Å². The monoisotopic (exact) mass is 466 g/mol. The molecule has 2 amide bonds. The molecule has 3 aromatic heterocycles. The molecule has 1 unspecified atom stereocenters.